The lowest BCUT2D eigenvalue weighted by atomic mass is 10.1. The summed E-state index contributed by atoms with van der Waals surface area (Å²) in [6.07, 6.45) is 0.555. The summed E-state index contributed by atoms with van der Waals surface area (Å²) in [5, 5.41) is 5.85. The zero-order chi connectivity index (χ0) is 16.3. The maximum absolute atomic E-state index is 12.8. The van der Waals surface area contributed by atoms with Crippen LogP contribution >= 0.6 is 35.3 Å². The van der Waals surface area contributed by atoms with E-state index in [1.807, 2.05) is 41.8 Å². The SMILES string of the molecule is Cl.O=S(=O)(CCc1cccs1)N1CCNCC1c1ccccc1Cl. The number of piperazine rings is 1. The predicted octanol–water partition coefficient (Wildman–Crippen LogP) is 3.34. The van der Waals surface area contributed by atoms with E-state index in [0.717, 1.165) is 10.4 Å². The summed E-state index contributed by atoms with van der Waals surface area (Å²) in [7, 11) is -3.33. The molecule has 1 aromatic heterocycles. The number of thiophene rings is 1. The van der Waals surface area contributed by atoms with Gasteiger partial charge in [-0.25, -0.2) is 8.42 Å². The highest BCUT2D eigenvalue weighted by molar-refractivity contribution is 7.89. The van der Waals surface area contributed by atoms with Gasteiger partial charge in [0, 0.05) is 29.5 Å². The first-order chi connectivity index (χ1) is 11.1. The highest BCUT2D eigenvalue weighted by atomic mass is 35.5. The van der Waals surface area contributed by atoms with Crippen LogP contribution in [0.15, 0.2) is 41.8 Å². The Bertz CT molecular complexity index is 751. The average molecular weight is 407 g/mol. The fourth-order valence-electron chi connectivity index (χ4n) is 2.83. The molecule has 1 atom stereocenters. The number of nitrogens with one attached hydrogen (secondary N) is 1. The summed E-state index contributed by atoms with van der Waals surface area (Å²) in [6, 6.07) is 11.1. The minimum absolute atomic E-state index is 0. The van der Waals surface area contributed by atoms with E-state index in [0.29, 0.717) is 31.1 Å². The van der Waals surface area contributed by atoms with Gasteiger partial charge in [-0.3, -0.25) is 0 Å². The molecule has 2 heterocycles. The van der Waals surface area contributed by atoms with Crippen molar-refractivity contribution in [1.29, 1.82) is 0 Å². The van der Waals surface area contributed by atoms with Crippen LogP contribution in [0.3, 0.4) is 0 Å². The van der Waals surface area contributed by atoms with E-state index in [-0.39, 0.29) is 24.2 Å². The maximum Gasteiger partial charge on any atom is 0.215 e. The van der Waals surface area contributed by atoms with Gasteiger partial charge in [0.2, 0.25) is 10.0 Å². The van der Waals surface area contributed by atoms with Crippen LogP contribution < -0.4 is 5.32 Å². The second-order valence-electron chi connectivity index (χ2n) is 5.50. The van der Waals surface area contributed by atoms with Crippen molar-refractivity contribution in [2.45, 2.75) is 12.5 Å². The average Bonchev–Trinajstić information content (AvgIpc) is 3.07. The summed E-state index contributed by atoms with van der Waals surface area (Å²) in [4.78, 5) is 1.10. The van der Waals surface area contributed by atoms with Crippen LogP contribution in [0.25, 0.3) is 0 Å². The lowest BCUT2D eigenvalue weighted by Crippen LogP contribution is -2.49. The molecule has 1 aromatic carbocycles. The van der Waals surface area contributed by atoms with E-state index in [9.17, 15) is 8.42 Å². The Morgan fingerprint density at radius 3 is 2.75 bits per heavy atom. The minimum Gasteiger partial charge on any atom is -0.313 e. The Kier molecular flexibility index (Phi) is 7.10. The van der Waals surface area contributed by atoms with Gasteiger partial charge >= 0.3 is 0 Å². The molecule has 8 heteroatoms. The molecule has 4 nitrogen and oxygen atoms in total. The molecule has 0 spiro atoms. The number of hydrogen-bond acceptors (Lipinski definition) is 4. The lowest BCUT2D eigenvalue weighted by molar-refractivity contribution is 0.271. The third kappa shape index (κ3) is 4.50. The van der Waals surface area contributed by atoms with E-state index in [2.05, 4.69) is 5.32 Å². The normalized spacial score (nSPS) is 19.0. The molecule has 1 aliphatic heterocycles. The van der Waals surface area contributed by atoms with Crippen LogP contribution in [0.5, 0.6) is 0 Å². The lowest BCUT2D eigenvalue weighted by Gasteiger charge is -2.35. The van der Waals surface area contributed by atoms with Gasteiger partial charge in [0.15, 0.2) is 0 Å². The Hall–Kier alpha value is -0.630. The highest BCUT2D eigenvalue weighted by Gasteiger charge is 2.33. The Morgan fingerprint density at radius 1 is 1.25 bits per heavy atom. The van der Waals surface area contributed by atoms with E-state index in [1.165, 1.54) is 0 Å². The van der Waals surface area contributed by atoms with Crippen LogP contribution in [0, 0.1) is 0 Å². The summed E-state index contributed by atoms with van der Waals surface area (Å²) in [5.74, 6) is 0.133. The van der Waals surface area contributed by atoms with Gasteiger partial charge in [0.25, 0.3) is 0 Å². The molecule has 1 aliphatic rings. The number of halogens is 2. The number of benzene rings is 1. The first-order valence-electron chi connectivity index (χ1n) is 7.55. The summed E-state index contributed by atoms with van der Waals surface area (Å²) < 4.78 is 27.3. The fourth-order valence-corrected chi connectivity index (χ4v) is 5.59. The number of sulfonamides is 1. The summed E-state index contributed by atoms with van der Waals surface area (Å²) in [5.41, 5.74) is 0.862. The van der Waals surface area contributed by atoms with Crippen molar-refractivity contribution in [3.8, 4) is 0 Å². The first-order valence-corrected chi connectivity index (χ1v) is 10.4. The van der Waals surface area contributed by atoms with Crippen LogP contribution in [0.1, 0.15) is 16.5 Å². The van der Waals surface area contributed by atoms with Crippen LogP contribution in [0.2, 0.25) is 5.02 Å². The molecule has 1 saturated heterocycles. The molecule has 0 bridgehead atoms. The molecular formula is C16H20Cl2N2O2S2. The predicted molar refractivity (Wildman–Crippen MR) is 103 cm³/mol. The quantitative estimate of drug-likeness (QED) is 0.827. The van der Waals surface area contributed by atoms with Crippen LogP contribution in [0.4, 0.5) is 0 Å². The van der Waals surface area contributed by atoms with Gasteiger partial charge in [0.05, 0.1) is 11.8 Å². The monoisotopic (exact) mass is 406 g/mol. The Labute approximate surface area is 158 Å². The molecule has 1 unspecified atom stereocenters. The van der Waals surface area contributed by atoms with Crippen molar-refractivity contribution in [1.82, 2.24) is 9.62 Å². The molecule has 3 rings (SSSR count). The molecule has 0 aliphatic carbocycles. The van der Waals surface area contributed by atoms with Crippen LogP contribution in [-0.2, 0) is 16.4 Å². The molecule has 2 aromatic rings. The molecular weight excluding hydrogens is 387 g/mol. The van der Waals surface area contributed by atoms with E-state index < -0.39 is 10.0 Å². The highest BCUT2D eigenvalue weighted by Crippen LogP contribution is 2.30. The first kappa shape index (κ1) is 19.7. The van der Waals surface area contributed by atoms with Gasteiger partial charge in [-0.2, -0.15) is 4.31 Å². The Morgan fingerprint density at radius 2 is 2.04 bits per heavy atom. The molecule has 0 amide bonds. The molecule has 24 heavy (non-hydrogen) atoms. The van der Waals surface area contributed by atoms with Crippen molar-refractivity contribution in [2.24, 2.45) is 0 Å². The van der Waals surface area contributed by atoms with E-state index in [4.69, 9.17) is 11.6 Å². The summed E-state index contributed by atoms with van der Waals surface area (Å²) in [6.45, 7) is 1.73. The molecule has 132 valence electrons. The minimum atomic E-state index is -3.33. The van der Waals surface area contributed by atoms with E-state index in [1.54, 1.807) is 15.6 Å². The number of nitrogens with zero attached hydrogens (tertiary/aromatic N) is 1. The number of rotatable bonds is 5. The largest absolute Gasteiger partial charge is 0.313 e. The molecule has 1 N–H and O–H groups in total. The van der Waals surface area contributed by atoms with Crippen molar-refractivity contribution in [3.63, 3.8) is 0 Å². The zero-order valence-corrected chi connectivity index (χ0v) is 16.2. The smallest absolute Gasteiger partial charge is 0.215 e. The second kappa shape index (κ2) is 8.65. The van der Waals surface area contributed by atoms with Crippen molar-refractivity contribution in [2.75, 3.05) is 25.4 Å². The van der Waals surface area contributed by atoms with Gasteiger partial charge < -0.3 is 5.32 Å². The van der Waals surface area contributed by atoms with E-state index >= 15 is 0 Å². The fraction of sp³-hybridized carbons (Fsp3) is 0.375. The topological polar surface area (TPSA) is 49.4 Å². The summed E-state index contributed by atoms with van der Waals surface area (Å²) >= 11 is 7.88. The second-order valence-corrected chi connectivity index (χ2v) is 8.98. The zero-order valence-electron chi connectivity index (χ0n) is 13.0. The maximum atomic E-state index is 12.8. The number of aryl methyl sites for hydroxylation is 1. The van der Waals surface area contributed by atoms with Crippen LogP contribution in [-0.4, -0.2) is 38.1 Å². The van der Waals surface area contributed by atoms with Crippen molar-refractivity contribution >= 4 is 45.4 Å². The molecule has 0 radical (unpaired) electrons. The van der Waals surface area contributed by atoms with Crippen molar-refractivity contribution in [3.05, 3.63) is 57.2 Å². The third-order valence-electron chi connectivity index (χ3n) is 4.00. The van der Waals surface area contributed by atoms with Gasteiger partial charge in [-0.1, -0.05) is 35.9 Å². The number of hydrogen-bond donors (Lipinski definition) is 1. The van der Waals surface area contributed by atoms with Crippen molar-refractivity contribution < 1.29 is 8.42 Å². The Balaban J connectivity index is 0.00000208. The molecule has 0 saturated carbocycles. The third-order valence-corrected chi connectivity index (χ3v) is 7.15. The molecule has 1 fully saturated rings. The van der Waals surface area contributed by atoms with Gasteiger partial charge in [-0.05, 0) is 29.5 Å². The van der Waals surface area contributed by atoms with Gasteiger partial charge in [-0.15, -0.1) is 23.7 Å². The standard InChI is InChI=1S/C16H19ClN2O2S2.ClH/c17-15-6-2-1-5-14(15)16-12-18-8-9-19(16)23(20,21)11-7-13-4-3-10-22-13;/h1-6,10,16,18H,7-9,11-12H2;1H. The van der Waals surface area contributed by atoms with Gasteiger partial charge in [0.1, 0.15) is 0 Å².